The molecule has 0 bridgehead atoms. The highest BCUT2D eigenvalue weighted by Crippen LogP contribution is 2.27. The molecule has 0 spiro atoms. The van der Waals surface area contributed by atoms with Crippen LogP contribution in [0, 0.1) is 5.82 Å². The Morgan fingerprint density at radius 1 is 1.47 bits per heavy atom. The third-order valence-corrected chi connectivity index (χ3v) is 2.72. The molecule has 1 N–H and O–H groups in total. The Balaban J connectivity index is 2.49. The number of nitrogens with zero attached hydrogens (tertiary/aromatic N) is 1. The Bertz CT molecular complexity index is 510. The fraction of sp³-hybridized carbons (Fsp3) is 0. The number of phenols is 1. The van der Waals surface area contributed by atoms with Crippen molar-refractivity contribution in [1.29, 1.82) is 0 Å². The van der Waals surface area contributed by atoms with Crippen molar-refractivity contribution < 1.29 is 14.3 Å². The van der Waals surface area contributed by atoms with Gasteiger partial charge in [0.05, 0.1) is 0 Å². The summed E-state index contributed by atoms with van der Waals surface area (Å²) in [5.74, 6) is -0.690. The number of phenolic OH excluding ortho intramolecular Hbond substituents is 1. The second-order valence-corrected chi connectivity index (χ2v) is 3.72. The first-order valence-corrected chi connectivity index (χ1v) is 4.98. The molecule has 0 fully saturated rings. The fourth-order valence-corrected chi connectivity index (χ4v) is 1.93. The van der Waals surface area contributed by atoms with E-state index < -0.39 is 5.82 Å². The molecule has 0 saturated carbocycles. The third kappa shape index (κ3) is 1.87. The molecule has 5 heteroatoms. The normalized spacial score (nSPS) is 10.2. The summed E-state index contributed by atoms with van der Waals surface area (Å²) in [6, 6.07) is 3.82. The number of benzene rings is 1. The average Bonchev–Trinajstić information content (AvgIpc) is 2.66. The molecular weight excluding hydrogens is 217 g/mol. The van der Waals surface area contributed by atoms with E-state index in [1.807, 2.05) is 0 Å². The van der Waals surface area contributed by atoms with Gasteiger partial charge in [-0.1, -0.05) is 0 Å². The minimum Gasteiger partial charge on any atom is -0.508 e. The van der Waals surface area contributed by atoms with Crippen molar-refractivity contribution >= 4 is 17.6 Å². The fourth-order valence-electron chi connectivity index (χ4n) is 1.14. The summed E-state index contributed by atoms with van der Waals surface area (Å²) in [5, 5.41) is 11.0. The van der Waals surface area contributed by atoms with E-state index in [9.17, 15) is 9.18 Å². The van der Waals surface area contributed by atoms with Crippen molar-refractivity contribution in [3.8, 4) is 16.3 Å². The Kier molecular flexibility index (Phi) is 2.47. The van der Waals surface area contributed by atoms with Crippen LogP contribution in [0.25, 0.3) is 10.6 Å². The molecule has 3 nitrogen and oxygen atoms in total. The molecule has 0 aliphatic heterocycles. The van der Waals surface area contributed by atoms with Crippen LogP contribution in [-0.4, -0.2) is 16.4 Å². The predicted octanol–water partition coefficient (Wildman–Crippen LogP) is 2.47. The van der Waals surface area contributed by atoms with Crippen LogP contribution in [0.15, 0.2) is 23.6 Å². The Morgan fingerprint density at radius 2 is 2.27 bits per heavy atom. The van der Waals surface area contributed by atoms with Crippen LogP contribution >= 0.6 is 11.3 Å². The van der Waals surface area contributed by atoms with Crippen LogP contribution < -0.4 is 0 Å². The van der Waals surface area contributed by atoms with Crippen LogP contribution in [0.5, 0.6) is 5.75 Å². The van der Waals surface area contributed by atoms with Crippen LogP contribution in [-0.2, 0) is 0 Å². The Labute approximate surface area is 88.8 Å². The van der Waals surface area contributed by atoms with Crippen LogP contribution in [0.4, 0.5) is 4.39 Å². The summed E-state index contributed by atoms with van der Waals surface area (Å²) in [4.78, 5) is 14.3. The zero-order chi connectivity index (χ0) is 10.8. The smallest absolute Gasteiger partial charge is 0.169 e. The SMILES string of the molecule is O=Cc1csc(-c2ccc(O)cc2F)n1. The maximum Gasteiger partial charge on any atom is 0.169 e. The minimum absolute atomic E-state index is 0.136. The number of aldehydes is 1. The molecule has 1 aromatic carbocycles. The van der Waals surface area contributed by atoms with Gasteiger partial charge < -0.3 is 5.11 Å². The van der Waals surface area contributed by atoms with Crippen molar-refractivity contribution in [2.24, 2.45) is 0 Å². The standard InChI is InChI=1S/C10H6FNO2S/c11-9-3-7(14)1-2-8(9)10-12-6(4-13)5-15-10/h1-5,14H. The number of carbonyl (C=O) groups excluding carboxylic acids is 1. The summed E-state index contributed by atoms with van der Waals surface area (Å²) in [5.41, 5.74) is 0.563. The van der Waals surface area contributed by atoms with E-state index in [0.717, 1.165) is 6.07 Å². The Hall–Kier alpha value is -1.75. The number of carbonyl (C=O) groups is 1. The summed E-state index contributed by atoms with van der Waals surface area (Å²) in [7, 11) is 0. The lowest BCUT2D eigenvalue weighted by Gasteiger charge is -1.98. The lowest BCUT2D eigenvalue weighted by Crippen LogP contribution is -1.84. The summed E-state index contributed by atoms with van der Waals surface area (Å²) >= 11 is 1.18. The van der Waals surface area contributed by atoms with E-state index in [1.54, 1.807) is 5.38 Å². The van der Waals surface area contributed by atoms with Gasteiger partial charge in [0, 0.05) is 17.0 Å². The second-order valence-electron chi connectivity index (χ2n) is 2.86. The van der Waals surface area contributed by atoms with E-state index in [-0.39, 0.29) is 17.0 Å². The maximum absolute atomic E-state index is 13.4. The van der Waals surface area contributed by atoms with Crippen molar-refractivity contribution in [3.05, 3.63) is 35.1 Å². The van der Waals surface area contributed by atoms with Crippen LogP contribution in [0.2, 0.25) is 0 Å². The molecule has 0 radical (unpaired) electrons. The highest BCUT2D eigenvalue weighted by atomic mass is 32.1. The first-order chi connectivity index (χ1) is 7.20. The lowest BCUT2D eigenvalue weighted by molar-refractivity contribution is 0.111. The highest BCUT2D eigenvalue weighted by Gasteiger charge is 2.09. The van der Waals surface area contributed by atoms with Crippen molar-refractivity contribution in [2.45, 2.75) is 0 Å². The molecule has 0 atom stereocenters. The van der Waals surface area contributed by atoms with Crippen LogP contribution in [0.3, 0.4) is 0 Å². The molecule has 1 heterocycles. The van der Waals surface area contributed by atoms with Gasteiger partial charge in [0.1, 0.15) is 22.3 Å². The van der Waals surface area contributed by atoms with E-state index in [1.165, 1.54) is 23.5 Å². The second kappa shape index (κ2) is 3.78. The number of halogens is 1. The molecule has 2 rings (SSSR count). The molecular formula is C10H6FNO2S. The van der Waals surface area contributed by atoms with Gasteiger partial charge in [-0.2, -0.15) is 0 Å². The van der Waals surface area contributed by atoms with Gasteiger partial charge in [0.25, 0.3) is 0 Å². The first-order valence-electron chi connectivity index (χ1n) is 4.10. The number of thiazole rings is 1. The Morgan fingerprint density at radius 3 is 2.87 bits per heavy atom. The van der Waals surface area contributed by atoms with Crippen molar-refractivity contribution in [1.82, 2.24) is 4.98 Å². The number of aromatic hydroxyl groups is 1. The number of rotatable bonds is 2. The number of hydrogen-bond acceptors (Lipinski definition) is 4. The highest BCUT2D eigenvalue weighted by molar-refractivity contribution is 7.13. The summed E-state index contributed by atoms with van der Waals surface area (Å²) < 4.78 is 13.4. The summed E-state index contributed by atoms with van der Waals surface area (Å²) in [6.45, 7) is 0. The molecule has 0 saturated heterocycles. The van der Waals surface area contributed by atoms with Gasteiger partial charge in [-0.25, -0.2) is 9.37 Å². The van der Waals surface area contributed by atoms with Crippen molar-refractivity contribution in [3.63, 3.8) is 0 Å². The topological polar surface area (TPSA) is 50.2 Å². The van der Waals surface area contributed by atoms with E-state index >= 15 is 0 Å². The molecule has 0 aliphatic carbocycles. The van der Waals surface area contributed by atoms with E-state index in [0.29, 0.717) is 11.3 Å². The lowest BCUT2D eigenvalue weighted by atomic mass is 10.2. The third-order valence-electron chi connectivity index (χ3n) is 1.83. The molecule has 76 valence electrons. The molecule has 0 amide bonds. The number of aromatic nitrogens is 1. The van der Waals surface area contributed by atoms with Gasteiger partial charge in [0.2, 0.25) is 0 Å². The van der Waals surface area contributed by atoms with E-state index in [2.05, 4.69) is 4.98 Å². The zero-order valence-electron chi connectivity index (χ0n) is 7.48. The predicted molar refractivity (Wildman–Crippen MR) is 54.6 cm³/mol. The molecule has 2 aromatic rings. The largest absolute Gasteiger partial charge is 0.508 e. The van der Waals surface area contributed by atoms with Gasteiger partial charge in [-0.15, -0.1) is 11.3 Å². The van der Waals surface area contributed by atoms with Crippen molar-refractivity contribution in [2.75, 3.05) is 0 Å². The van der Waals surface area contributed by atoms with Gasteiger partial charge in [0.15, 0.2) is 6.29 Å². The van der Waals surface area contributed by atoms with Gasteiger partial charge in [-0.3, -0.25) is 4.79 Å². The molecule has 0 unspecified atom stereocenters. The minimum atomic E-state index is -0.554. The molecule has 15 heavy (non-hydrogen) atoms. The quantitative estimate of drug-likeness (QED) is 0.795. The molecule has 0 aliphatic rings. The monoisotopic (exact) mass is 223 g/mol. The van der Waals surface area contributed by atoms with Gasteiger partial charge >= 0.3 is 0 Å². The number of hydrogen-bond donors (Lipinski definition) is 1. The summed E-state index contributed by atoms with van der Waals surface area (Å²) in [6.07, 6.45) is 0.609. The maximum atomic E-state index is 13.4. The zero-order valence-corrected chi connectivity index (χ0v) is 8.29. The average molecular weight is 223 g/mol. The van der Waals surface area contributed by atoms with Gasteiger partial charge in [-0.05, 0) is 12.1 Å². The first kappa shape index (κ1) is 9.79. The van der Waals surface area contributed by atoms with Crippen LogP contribution in [0.1, 0.15) is 10.5 Å². The van der Waals surface area contributed by atoms with E-state index in [4.69, 9.17) is 5.11 Å². The molecule has 1 aromatic heterocycles.